The molecule has 6 heteroatoms. The third-order valence-corrected chi connectivity index (χ3v) is 5.11. The topological polar surface area (TPSA) is 74.5 Å². The lowest BCUT2D eigenvalue weighted by Gasteiger charge is -2.17. The SMILES string of the molecule is CCOC(=O)CC(Cc1ccc(OCCCNc2cccc[n+]2[O-])cc1)c1ccccc1. The Morgan fingerprint density at radius 2 is 1.78 bits per heavy atom. The minimum Gasteiger partial charge on any atom is -0.711 e. The first-order valence-electron chi connectivity index (χ1n) is 11.0. The van der Waals surface area contributed by atoms with Crippen LogP contribution in [0, 0.1) is 5.21 Å². The third kappa shape index (κ3) is 7.30. The monoisotopic (exact) mass is 434 g/mol. The van der Waals surface area contributed by atoms with Crippen LogP contribution in [0.2, 0.25) is 0 Å². The van der Waals surface area contributed by atoms with Gasteiger partial charge in [-0.15, -0.1) is 0 Å². The van der Waals surface area contributed by atoms with E-state index in [9.17, 15) is 10.0 Å². The Morgan fingerprint density at radius 3 is 2.50 bits per heavy atom. The molecule has 0 fully saturated rings. The zero-order valence-corrected chi connectivity index (χ0v) is 18.4. The number of aromatic nitrogens is 1. The van der Waals surface area contributed by atoms with E-state index in [0.29, 0.717) is 32.0 Å². The van der Waals surface area contributed by atoms with E-state index in [2.05, 4.69) is 17.4 Å². The van der Waals surface area contributed by atoms with Crippen molar-refractivity contribution in [1.29, 1.82) is 0 Å². The molecule has 2 aromatic carbocycles. The lowest BCUT2D eigenvalue weighted by molar-refractivity contribution is -0.590. The smallest absolute Gasteiger partial charge is 0.306 e. The Hall–Kier alpha value is -3.54. The van der Waals surface area contributed by atoms with Crippen molar-refractivity contribution in [3.8, 4) is 5.75 Å². The van der Waals surface area contributed by atoms with Crippen LogP contribution in [0.25, 0.3) is 0 Å². The molecule has 168 valence electrons. The standard InChI is InChI=1S/C26H30N2O4/c1-2-31-26(29)20-23(22-9-4-3-5-10-22)19-21-12-14-24(15-13-21)32-18-8-16-27-25-11-6-7-17-28(25)30/h3-7,9-15,17,23,27H,2,8,16,18-20H2,1H3. The number of carbonyl (C=O) groups excluding carboxylic acids is 1. The number of rotatable bonds is 12. The Balaban J connectivity index is 1.48. The van der Waals surface area contributed by atoms with Crippen LogP contribution >= 0.6 is 0 Å². The van der Waals surface area contributed by atoms with Gasteiger partial charge in [0, 0.05) is 12.5 Å². The molecule has 0 aliphatic rings. The molecule has 3 rings (SSSR count). The highest BCUT2D eigenvalue weighted by Gasteiger charge is 2.17. The quantitative estimate of drug-likeness (QED) is 0.197. The summed E-state index contributed by atoms with van der Waals surface area (Å²) in [5, 5.41) is 14.7. The van der Waals surface area contributed by atoms with E-state index in [1.807, 2.05) is 55.5 Å². The molecular formula is C26H30N2O4. The molecule has 0 aliphatic carbocycles. The number of hydrogen-bond donors (Lipinski definition) is 1. The number of carbonyl (C=O) groups is 1. The number of esters is 1. The van der Waals surface area contributed by atoms with Crippen LogP contribution in [-0.2, 0) is 16.0 Å². The zero-order valence-electron chi connectivity index (χ0n) is 18.4. The zero-order chi connectivity index (χ0) is 22.6. The van der Waals surface area contributed by atoms with Crippen molar-refractivity contribution < 1.29 is 19.0 Å². The number of ether oxygens (including phenoxy) is 2. The van der Waals surface area contributed by atoms with Crippen LogP contribution in [0.3, 0.4) is 0 Å². The van der Waals surface area contributed by atoms with Gasteiger partial charge in [-0.05, 0) is 48.6 Å². The normalized spacial score (nSPS) is 11.5. The van der Waals surface area contributed by atoms with Crippen LogP contribution < -0.4 is 14.8 Å². The van der Waals surface area contributed by atoms with Gasteiger partial charge in [0.1, 0.15) is 5.75 Å². The Labute approximate surface area is 189 Å². The summed E-state index contributed by atoms with van der Waals surface area (Å²) in [4.78, 5) is 12.1. The fourth-order valence-electron chi connectivity index (χ4n) is 3.50. The Bertz CT molecular complexity index is 961. The van der Waals surface area contributed by atoms with Crippen molar-refractivity contribution in [2.45, 2.75) is 32.1 Å². The van der Waals surface area contributed by atoms with E-state index in [-0.39, 0.29) is 11.9 Å². The predicted molar refractivity (Wildman–Crippen MR) is 125 cm³/mol. The predicted octanol–water partition coefficient (Wildman–Crippen LogP) is 4.48. The molecule has 0 saturated carbocycles. The molecule has 32 heavy (non-hydrogen) atoms. The molecule has 0 saturated heterocycles. The summed E-state index contributed by atoms with van der Waals surface area (Å²) in [7, 11) is 0. The summed E-state index contributed by atoms with van der Waals surface area (Å²) in [5.41, 5.74) is 2.27. The maximum atomic E-state index is 12.1. The Kier molecular flexibility index (Phi) is 8.92. The highest BCUT2D eigenvalue weighted by Crippen LogP contribution is 2.26. The van der Waals surface area contributed by atoms with Crippen LogP contribution in [0.4, 0.5) is 5.82 Å². The molecule has 1 heterocycles. The highest BCUT2D eigenvalue weighted by molar-refractivity contribution is 5.70. The van der Waals surface area contributed by atoms with Gasteiger partial charge >= 0.3 is 5.97 Å². The maximum Gasteiger partial charge on any atom is 0.306 e. The summed E-state index contributed by atoms with van der Waals surface area (Å²) >= 11 is 0. The highest BCUT2D eigenvalue weighted by atomic mass is 16.5. The van der Waals surface area contributed by atoms with Crippen molar-refractivity contribution >= 4 is 11.8 Å². The number of benzene rings is 2. The van der Waals surface area contributed by atoms with Crippen molar-refractivity contribution in [2.24, 2.45) is 0 Å². The van der Waals surface area contributed by atoms with Gasteiger partial charge in [0.2, 0.25) is 0 Å². The van der Waals surface area contributed by atoms with Gasteiger partial charge in [-0.25, -0.2) is 4.73 Å². The van der Waals surface area contributed by atoms with Crippen molar-refractivity contribution in [3.63, 3.8) is 0 Å². The van der Waals surface area contributed by atoms with Crippen molar-refractivity contribution in [3.05, 3.63) is 95.3 Å². The molecule has 0 amide bonds. The van der Waals surface area contributed by atoms with E-state index < -0.39 is 0 Å². The van der Waals surface area contributed by atoms with Crippen LogP contribution in [-0.4, -0.2) is 25.7 Å². The number of pyridine rings is 1. The average molecular weight is 435 g/mol. The van der Waals surface area contributed by atoms with Gasteiger partial charge < -0.3 is 14.7 Å². The second kappa shape index (κ2) is 12.3. The van der Waals surface area contributed by atoms with E-state index in [0.717, 1.165) is 34.4 Å². The summed E-state index contributed by atoms with van der Waals surface area (Å²) in [6.45, 7) is 3.42. The largest absolute Gasteiger partial charge is 0.711 e. The molecule has 0 bridgehead atoms. The second-order valence-corrected chi connectivity index (χ2v) is 7.51. The molecule has 1 aromatic heterocycles. The van der Waals surface area contributed by atoms with Crippen LogP contribution in [0.1, 0.15) is 36.8 Å². The molecule has 0 radical (unpaired) electrons. The van der Waals surface area contributed by atoms with Crippen LogP contribution in [0.15, 0.2) is 79.0 Å². The maximum absolute atomic E-state index is 12.1. The molecule has 3 aromatic rings. The van der Waals surface area contributed by atoms with Gasteiger partial charge in [-0.2, -0.15) is 0 Å². The molecule has 6 nitrogen and oxygen atoms in total. The summed E-state index contributed by atoms with van der Waals surface area (Å²) in [6, 6.07) is 23.3. The lowest BCUT2D eigenvalue weighted by atomic mass is 9.89. The van der Waals surface area contributed by atoms with Gasteiger partial charge in [0.05, 0.1) is 32.4 Å². The number of anilines is 1. The lowest BCUT2D eigenvalue weighted by Crippen LogP contribution is -2.30. The molecule has 1 atom stereocenters. The molecular weight excluding hydrogens is 404 g/mol. The van der Waals surface area contributed by atoms with Gasteiger partial charge in [0.15, 0.2) is 0 Å². The number of nitrogens with zero attached hydrogens (tertiary/aromatic N) is 1. The number of nitrogens with one attached hydrogen (secondary N) is 1. The Morgan fingerprint density at radius 1 is 1.03 bits per heavy atom. The van der Waals surface area contributed by atoms with Gasteiger partial charge in [-0.1, -0.05) is 48.5 Å². The average Bonchev–Trinajstić information content (AvgIpc) is 2.81. The van der Waals surface area contributed by atoms with E-state index in [4.69, 9.17) is 9.47 Å². The molecule has 1 N–H and O–H groups in total. The van der Waals surface area contributed by atoms with E-state index in [1.54, 1.807) is 12.1 Å². The first kappa shape index (κ1) is 23.1. The first-order valence-corrected chi connectivity index (χ1v) is 11.0. The third-order valence-electron chi connectivity index (χ3n) is 5.11. The van der Waals surface area contributed by atoms with Crippen molar-refractivity contribution in [1.82, 2.24) is 0 Å². The first-order chi connectivity index (χ1) is 15.7. The van der Waals surface area contributed by atoms with Gasteiger partial charge in [-0.3, -0.25) is 10.1 Å². The van der Waals surface area contributed by atoms with Crippen molar-refractivity contribution in [2.75, 3.05) is 25.1 Å². The second-order valence-electron chi connectivity index (χ2n) is 7.51. The molecule has 0 aliphatic heterocycles. The fraction of sp³-hybridized carbons (Fsp3) is 0.308. The summed E-state index contributed by atoms with van der Waals surface area (Å²) in [5.74, 6) is 1.23. The minimum atomic E-state index is -0.173. The fourth-order valence-corrected chi connectivity index (χ4v) is 3.50. The van der Waals surface area contributed by atoms with E-state index >= 15 is 0 Å². The summed E-state index contributed by atoms with van der Waals surface area (Å²) in [6.07, 6.45) is 3.34. The summed E-state index contributed by atoms with van der Waals surface area (Å²) < 4.78 is 11.8. The number of hydrogen-bond acceptors (Lipinski definition) is 5. The van der Waals surface area contributed by atoms with E-state index in [1.165, 1.54) is 6.20 Å². The minimum absolute atomic E-state index is 0.0647. The van der Waals surface area contributed by atoms with Gasteiger partial charge in [0.25, 0.3) is 5.82 Å². The van der Waals surface area contributed by atoms with Crippen LogP contribution in [0.5, 0.6) is 5.75 Å². The molecule has 1 unspecified atom stereocenters. The molecule has 0 spiro atoms.